The van der Waals surface area contributed by atoms with E-state index in [0.29, 0.717) is 11.7 Å². The largest absolute Gasteiger partial charge is 0.352 e. The van der Waals surface area contributed by atoms with Crippen molar-refractivity contribution in [2.45, 2.75) is 45.2 Å². The Labute approximate surface area is 165 Å². The second kappa shape index (κ2) is 7.97. The summed E-state index contributed by atoms with van der Waals surface area (Å²) in [5.74, 6) is 0.689. The third-order valence-electron chi connectivity index (χ3n) is 5.61. The molecule has 0 aliphatic carbocycles. The van der Waals surface area contributed by atoms with E-state index >= 15 is 0 Å². The van der Waals surface area contributed by atoms with Crippen LogP contribution < -0.4 is 10.2 Å². The summed E-state index contributed by atoms with van der Waals surface area (Å²) in [4.78, 5) is 15.3. The molecule has 1 aliphatic rings. The molecule has 0 bridgehead atoms. The van der Waals surface area contributed by atoms with Crippen LogP contribution in [0.4, 0.5) is 5.82 Å². The fourth-order valence-corrected chi connectivity index (χ4v) is 3.97. The van der Waals surface area contributed by atoms with Crippen LogP contribution in [-0.2, 0) is 0 Å². The van der Waals surface area contributed by atoms with Crippen LogP contribution in [0.25, 0.3) is 10.8 Å². The smallest absolute Gasteiger partial charge is 0.272 e. The van der Waals surface area contributed by atoms with E-state index in [1.165, 1.54) is 6.42 Å². The van der Waals surface area contributed by atoms with Gasteiger partial charge >= 0.3 is 0 Å². The second-order valence-electron chi connectivity index (χ2n) is 7.56. The predicted molar refractivity (Wildman–Crippen MR) is 113 cm³/mol. The predicted octanol–water partition coefficient (Wildman–Crippen LogP) is 4.50. The maximum atomic E-state index is 13.0. The van der Waals surface area contributed by atoms with Gasteiger partial charge < -0.3 is 10.2 Å². The molecule has 5 nitrogen and oxygen atoms in total. The molecular weight excluding hydrogens is 348 g/mol. The van der Waals surface area contributed by atoms with Gasteiger partial charge in [0.1, 0.15) is 0 Å². The molecule has 28 heavy (non-hydrogen) atoms. The third-order valence-corrected chi connectivity index (χ3v) is 5.61. The van der Waals surface area contributed by atoms with E-state index in [-0.39, 0.29) is 11.9 Å². The molecule has 1 amide bonds. The lowest BCUT2D eigenvalue weighted by atomic mass is 10.0. The number of amides is 1. The number of carbonyl (C=O) groups excluding carboxylic acids is 1. The van der Waals surface area contributed by atoms with Crippen molar-refractivity contribution in [3.8, 4) is 0 Å². The molecule has 3 aromatic rings. The first-order valence-electron chi connectivity index (χ1n) is 10.0. The van der Waals surface area contributed by atoms with Crippen molar-refractivity contribution in [3.63, 3.8) is 0 Å². The molecule has 2 atom stereocenters. The number of nitrogens with one attached hydrogen (secondary N) is 1. The Kier molecular flexibility index (Phi) is 5.24. The summed E-state index contributed by atoms with van der Waals surface area (Å²) in [6.07, 6.45) is 3.57. The summed E-state index contributed by atoms with van der Waals surface area (Å²) >= 11 is 0. The summed E-state index contributed by atoms with van der Waals surface area (Å²) < 4.78 is 0. The van der Waals surface area contributed by atoms with Gasteiger partial charge in [-0.05, 0) is 38.7 Å². The fraction of sp³-hybridized carbons (Fsp3) is 0.348. The highest BCUT2D eigenvalue weighted by Crippen LogP contribution is 2.30. The van der Waals surface area contributed by atoms with Gasteiger partial charge in [0, 0.05) is 23.4 Å². The van der Waals surface area contributed by atoms with Crippen molar-refractivity contribution < 1.29 is 4.79 Å². The van der Waals surface area contributed by atoms with Crippen LogP contribution in [0.3, 0.4) is 0 Å². The number of anilines is 1. The van der Waals surface area contributed by atoms with Crippen molar-refractivity contribution in [2.24, 2.45) is 0 Å². The Hall–Kier alpha value is -2.95. The van der Waals surface area contributed by atoms with E-state index in [9.17, 15) is 4.79 Å². The van der Waals surface area contributed by atoms with Gasteiger partial charge in [0.05, 0.1) is 6.04 Å². The fourth-order valence-electron chi connectivity index (χ4n) is 3.97. The summed E-state index contributed by atoms with van der Waals surface area (Å²) in [5.41, 5.74) is 1.44. The van der Waals surface area contributed by atoms with Crippen molar-refractivity contribution >= 4 is 22.5 Å². The monoisotopic (exact) mass is 374 g/mol. The minimum atomic E-state index is -0.196. The molecule has 1 N–H and O–H groups in total. The van der Waals surface area contributed by atoms with Gasteiger partial charge in [-0.15, -0.1) is 10.2 Å². The van der Waals surface area contributed by atoms with Crippen molar-refractivity contribution in [3.05, 3.63) is 65.9 Å². The van der Waals surface area contributed by atoms with Crippen LogP contribution in [0.1, 0.15) is 55.2 Å². The first-order chi connectivity index (χ1) is 13.6. The molecule has 2 aromatic carbocycles. The number of benzene rings is 2. The molecule has 0 radical (unpaired) electrons. The van der Waals surface area contributed by atoms with Crippen LogP contribution in [0, 0.1) is 0 Å². The Morgan fingerprint density at radius 3 is 2.50 bits per heavy atom. The highest BCUT2D eigenvalue weighted by Gasteiger charge is 2.24. The number of aromatic nitrogens is 2. The second-order valence-corrected chi connectivity index (χ2v) is 7.56. The molecule has 4 rings (SSSR count). The first-order valence-corrected chi connectivity index (χ1v) is 10.0. The van der Waals surface area contributed by atoms with Crippen molar-refractivity contribution in [1.82, 2.24) is 15.5 Å². The lowest BCUT2D eigenvalue weighted by Crippen LogP contribution is -2.38. The van der Waals surface area contributed by atoms with E-state index in [1.54, 1.807) is 0 Å². The molecule has 1 aromatic heterocycles. The molecule has 144 valence electrons. The van der Waals surface area contributed by atoms with Gasteiger partial charge in [-0.2, -0.15) is 0 Å². The van der Waals surface area contributed by atoms with Crippen LogP contribution in [0.5, 0.6) is 0 Å². The summed E-state index contributed by atoms with van der Waals surface area (Å²) in [5, 5.41) is 13.8. The summed E-state index contributed by atoms with van der Waals surface area (Å²) in [7, 11) is 0. The SMILES string of the molecule is CC(NC(=O)c1nnc(N2CCCCC2C)c2ccccc12)c1ccccc1. The number of carbonyl (C=O) groups is 1. The van der Waals surface area contributed by atoms with Crippen molar-refractivity contribution in [2.75, 3.05) is 11.4 Å². The maximum Gasteiger partial charge on any atom is 0.272 e. The van der Waals surface area contributed by atoms with E-state index < -0.39 is 0 Å². The zero-order valence-corrected chi connectivity index (χ0v) is 16.4. The van der Waals surface area contributed by atoms with Gasteiger partial charge in [-0.1, -0.05) is 54.6 Å². The van der Waals surface area contributed by atoms with E-state index in [2.05, 4.69) is 27.3 Å². The lowest BCUT2D eigenvalue weighted by molar-refractivity contribution is 0.0936. The maximum absolute atomic E-state index is 13.0. The van der Waals surface area contributed by atoms with Crippen molar-refractivity contribution in [1.29, 1.82) is 0 Å². The molecule has 0 saturated carbocycles. The average Bonchev–Trinajstić information content (AvgIpc) is 2.74. The van der Waals surface area contributed by atoms with E-state index in [0.717, 1.165) is 41.5 Å². The third kappa shape index (κ3) is 3.57. The number of rotatable bonds is 4. The normalized spacial score (nSPS) is 18.1. The Morgan fingerprint density at radius 2 is 1.75 bits per heavy atom. The number of hydrogen-bond acceptors (Lipinski definition) is 4. The summed E-state index contributed by atoms with van der Waals surface area (Å²) in [6.45, 7) is 5.20. The van der Waals surface area contributed by atoms with E-state index in [1.807, 2.05) is 61.5 Å². The molecule has 5 heteroatoms. The first kappa shape index (κ1) is 18.4. The Morgan fingerprint density at radius 1 is 1.04 bits per heavy atom. The zero-order chi connectivity index (χ0) is 19.5. The van der Waals surface area contributed by atoms with Gasteiger partial charge in [0.25, 0.3) is 5.91 Å². The minimum Gasteiger partial charge on any atom is -0.352 e. The van der Waals surface area contributed by atoms with Gasteiger partial charge in [-0.25, -0.2) is 0 Å². The molecule has 0 spiro atoms. The van der Waals surface area contributed by atoms with Gasteiger partial charge in [-0.3, -0.25) is 4.79 Å². The number of nitrogens with zero attached hydrogens (tertiary/aromatic N) is 3. The highest BCUT2D eigenvalue weighted by molar-refractivity contribution is 6.07. The molecule has 2 heterocycles. The molecule has 2 unspecified atom stereocenters. The number of hydrogen-bond donors (Lipinski definition) is 1. The Bertz CT molecular complexity index is 973. The highest BCUT2D eigenvalue weighted by atomic mass is 16.2. The Balaban J connectivity index is 1.67. The van der Waals surface area contributed by atoms with Crippen LogP contribution in [-0.4, -0.2) is 28.7 Å². The lowest BCUT2D eigenvalue weighted by Gasteiger charge is -2.34. The molecular formula is C23H26N4O. The summed E-state index contributed by atoms with van der Waals surface area (Å²) in [6, 6.07) is 18.2. The quantitative estimate of drug-likeness (QED) is 0.730. The van der Waals surface area contributed by atoms with Gasteiger partial charge in [0.15, 0.2) is 11.5 Å². The topological polar surface area (TPSA) is 58.1 Å². The average molecular weight is 374 g/mol. The van der Waals surface area contributed by atoms with E-state index in [4.69, 9.17) is 0 Å². The number of fused-ring (bicyclic) bond motifs is 1. The van der Waals surface area contributed by atoms with Crippen LogP contribution in [0.15, 0.2) is 54.6 Å². The standard InChI is InChI=1S/C23H26N4O/c1-16-10-8-9-15-27(16)22-20-14-7-6-13-19(20)21(25-26-22)23(28)24-17(2)18-11-4-3-5-12-18/h3-7,11-14,16-17H,8-10,15H2,1-2H3,(H,24,28). The zero-order valence-electron chi connectivity index (χ0n) is 16.4. The van der Waals surface area contributed by atoms with Crippen LogP contribution >= 0.6 is 0 Å². The van der Waals surface area contributed by atoms with Crippen LogP contribution in [0.2, 0.25) is 0 Å². The minimum absolute atomic E-state index is 0.101. The molecule has 1 saturated heterocycles. The van der Waals surface area contributed by atoms with Gasteiger partial charge in [0.2, 0.25) is 0 Å². The molecule has 1 aliphatic heterocycles. The number of piperidine rings is 1. The molecule has 1 fully saturated rings.